The van der Waals surface area contributed by atoms with Crippen molar-refractivity contribution in [2.45, 2.75) is 6.36 Å². The molecular formula is C17H19F3N4O2S. The maximum absolute atomic E-state index is 12.3. The number of thiocarbonyl (C=S) groups is 1. The molecule has 146 valence electrons. The molecule has 2 N–H and O–H groups in total. The molecule has 0 unspecified atom stereocenters. The number of furan rings is 1. The topological polar surface area (TPSA) is 67.2 Å². The molecule has 0 atom stereocenters. The van der Waals surface area contributed by atoms with E-state index in [1.165, 1.54) is 29.4 Å². The first kappa shape index (κ1) is 20.7. The van der Waals surface area contributed by atoms with Gasteiger partial charge >= 0.3 is 6.36 Å². The van der Waals surface area contributed by atoms with Crippen molar-refractivity contribution >= 4 is 23.5 Å². The van der Waals surface area contributed by atoms with Gasteiger partial charge in [0, 0.05) is 12.1 Å². The lowest BCUT2D eigenvalue weighted by molar-refractivity contribution is -0.274. The zero-order chi connectivity index (χ0) is 20.0. The number of hydrazone groups is 1. The van der Waals surface area contributed by atoms with Gasteiger partial charge in [-0.1, -0.05) is 12.1 Å². The third-order valence-corrected chi connectivity index (χ3v) is 3.53. The van der Waals surface area contributed by atoms with Gasteiger partial charge in [0.2, 0.25) is 0 Å². The number of hydrogen-bond donors (Lipinski definition) is 1. The van der Waals surface area contributed by atoms with E-state index in [1.54, 1.807) is 18.2 Å². The molecule has 0 bridgehead atoms. The summed E-state index contributed by atoms with van der Waals surface area (Å²) in [6.45, 7) is 1.20. The second kappa shape index (κ2) is 8.87. The minimum absolute atomic E-state index is 0.122. The summed E-state index contributed by atoms with van der Waals surface area (Å²) in [4.78, 5) is 1.96. The monoisotopic (exact) mass is 400 g/mol. The zero-order valence-corrected chi connectivity index (χ0v) is 15.5. The summed E-state index contributed by atoms with van der Waals surface area (Å²) in [5, 5.41) is 5.76. The Kier molecular flexibility index (Phi) is 6.81. The van der Waals surface area contributed by atoms with E-state index in [2.05, 4.69) is 9.84 Å². The summed E-state index contributed by atoms with van der Waals surface area (Å²) in [7, 11) is 3.83. The van der Waals surface area contributed by atoms with E-state index in [0.29, 0.717) is 30.2 Å². The van der Waals surface area contributed by atoms with E-state index in [-0.39, 0.29) is 10.9 Å². The molecule has 1 aromatic carbocycles. The third-order valence-electron chi connectivity index (χ3n) is 3.32. The summed E-state index contributed by atoms with van der Waals surface area (Å²) in [5.74, 6) is 0.451. The molecule has 0 amide bonds. The van der Waals surface area contributed by atoms with Crippen molar-refractivity contribution in [3.63, 3.8) is 0 Å². The Morgan fingerprint density at radius 3 is 2.63 bits per heavy atom. The molecule has 0 aliphatic heterocycles. The molecule has 1 aromatic heterocycles. The van der Waals surface area contributed by atoms with Gasteiger partial charge in [0.25, 0.3) is 0 Å². The van der Waals surface area contributed by atoms with Gasteiger partial charge in [-0.2, -0.15) is 5.10 Å². The van der Waals surface area contributed by atoms with Crippen molar-refractivity contribution in [2.75, 3.05) is 27.2 Å². The normalized spacial score (nSPS) is 11.9. The number of halogens is 3. The molecule has 0 spiro atoms. The molecule has 1 heterocycles. The van der Waals surface area contributed by atoms with Crippen LogP contribution in [0.25, 0.3) is 11.3 Å². The van der Waals surface area contributed by atoms with E-state index in [0.717, 1.165) is 0 Å². The Morgan fingerprint density at radius 1 is 1.26 bits per heavy atom. The molecule has 0 aliphatic carbocycles. The summed E-state index contributed by atoms with van der Waals surface area (Å²) in [6, 6.07) is 8.78. The van der Waals surface area contributed by atoms with E-state index in [9.17, 15) is 13.2 Å². The van der Waals surface area contributed by atoms with Crippen molar-refractivity contribution < 1.29 is 22.3 Å². The van der Waals surface area contributed by atoms with E-state index >= 15 is 0 Å². The maximum atomic E-state index is 12.3. The molecule has 0 saturated heterocycles. The van der Waals surface area contributed by atoms with Gasteiger partial charge in [0.15, 0.2) is 5.11 Å². The fourth-order valence-electron chi connectivity index (χ4n) is 2.07. The minimum Gasteiger partial charge on any atom is -0.455 e. The van der Waals surface area contributed by atoms with Gasteiger partial charge in [-0.15, -0.1) is 13.2 Å². The predicted molar refractivity (Wildman–Crippen MR) is 100 cm³/mol. The van der Waals surface area contributed by atoms with Crippen LogP contribution in [0.5, 0.6) is 5.75 Å². The first-order valence-electron chi connectivity index (χ1n) is 7.86. The molecule has 6 nitrogen and oxygen atoms in total. The summed E-state index contributed by atoms with van der Waals surface area (Å²) in [6.07, 6.45) is -3.31. The molecule has 2 aromatic rings. The molecule has 0 radical (unpaired) electrons. The number of nitrogens with zero attached hydrogens (tertiary/aromatic N) is 3. The lowest BCUT2D eigenvalue weighted by atomic mass is 10.2. The predicted octanol–water partition coefficient (Wildman–Crippen LogP) is 3.29. The molecule has 10 heteroatoms. The van der Waals surface area contributed by atoms with Crippen LogP contribution < -0.4 is 10.5 Å². The van der Waals surface area contributed by atoms with Crippen LogP contribution in [-0.2, 0) is 0 Å². The standard InChI is InChI=1S/C17H19F3N4O2S/c1-23(2)8-9-24(16(21)27)22-11-14-6-7-15(25-14)12-4-3-5-13(10-12)26-17(18,19)20/h3-7,10-11H,8-9H2,1-2H3,(H2,21,27). The molecule has 0 aliphatic rings. The van der Waals surface area contributed by atoms with E-state index < -0.39 is 6.36 Å². The molecule has 0 saturated carbocycles. The summed E-state index contributed by atoms with van der Waals surface area (Å²) >= 11 is 4.96. The van der Waals surface area contributed by atoms with Gasteiger partial charge in [-0.05, 0) is 50.6 Å². The highest BCUT2D eigenvalue weighted by atomic mass is 32.1. The highest BCUT2D eigenvalue weighted by molar-refractivity contribution is 7.80. The first-order chi connectivity index (χ1) is 12.6. The highest BCUT2D eigenvalue weighted by Gasteiger charge is 2.31. The van der Waals surface area contributed by atoms with Crippen LogP contribution in [0.1, 0.15) is 5.76 Å². The minimum atomic E-state index is -4.75. The SMILES string of the molecule is CN(C)CCN(N=Cc1ccc(-c2cccc(OC(F)(F)F)c2)o1)C(N)=S. The maximum Gasteiger partial charge on any atom is 0.573 e. The number of rotatable bonds is 7. The van der Waals surface area contributed by atoms with Crippen LogP contribution in [0, 0.1) is 0 Å². The first-order valence-corrected chi connectivity index (χ1v) is 8.26. The van der Waals surface area contributed by atoms with Crippen molar-refractivity contribution in [1.82, 2.24) is 9.91 Å². The number of nitrogens with two attached hydrogens (primary N) is 1. The van der Waals surface area contributed by atoms with Crippen LogP contribution in [0.15, 0.2) is 45.9 Å². The summed E-state index contributed by atoms with van der Waals surface area (Å²) in [5.41, 5.74) is 6.08. The molecule has 27 heavy (non-hydrogen) atoms. The molecular weight excluding hydrogens is 381 g/mol. The second-order valence-electron chi connectivity index (χ2n) is 5.79. The van der Waals surface area contributed by atoms with Crippen LogP contribution >= 0.6 is 12.2 Å². The van der Waals surface area contributed by atoms with Gasteiger partial charge < -0.3 is 19.8 Å². The van der Waals surface area contributed by atoms with Crippen molar-refractivity contribution in [3.8, 4) is 17.1 Å². The zero-order valence-electron chi connectivity index (χ0n) is 14.7. The summed E-state index contributed by atoms with van der Waals surface area (Å²) < 4.78 is 46.5. The van der Waals surface area contributed by atoms with Crippen LogP contribution in [0.3, 0.4) is 0 Å². The quantitative estimate of drug-likeness (QED) is 0.437. The molecule has 0 fully saturated rings. The fraction of sp³-hybridized carbons (Fsp3) is 0.294. The number of likely N-dealkylation sites (N-methyl/N-ethyl adjacent to an activating group) is 1. The largest absolute Gasteiger partial charge is 0.573 e. The second-order valence-corrected chi connectivity index (χ2v) is 6.21. The van der Waals surface area contributed by atoms with Gasteiger partial charge in [0.1, 0.15) is 17.3 Å². The Labute approximate surface area is 160 Å². The van der Waals surface area contributed by atoms with Crippen molar-refractivity contribution in [2.24, 2.45) is 10.8 Å². The lowest BCUT2D eigenvalue weighted by Crippen LogP contribution is -2.36. The number of ether oxygens (including phenoxy) is 1. The third kappa shape index (κ3) is 6.91. The number of hydrogen-bond acceptors (Lipinski definition) is 5. The van der Waals surface area contributed by atoms with Crippen molar-refractivity contribution in [1.29, 1.82) is 0 Å². The highest BCUT2D eigenvalue weighted by Crippen LogP contribution is 2.28. The Balaban J connectivity index is 2.12. The van der Waals surface area contributed by atoms with E-state index in [1.807, 2.05) is 19.0 Å². The average molecular weight is 400 g/mol. The van der Waals surface area contributed by atoms with Crippen LogP contribution in [-0.4, -0.2) is 54.8 Å². The smallest absolute Gasteiger partial charge is 0.455 e. The Bertz CT molecular complexity index is 805. The number of alkyl halides is 3. The Hall–Kier alpha value is -2.59. The number of benzene rings is 1. The van der Waals surface area contributed by atoms with Gasteiger partial charge in [0.05, 0.1) is 12.8 Å². The van der Waals surface area contributed by atoms with Crippen molar-refractivity contribution in [3.05, 3.63) is 42.2 Å². The van der Waals surface area contributed by atoms with Crippen LogP contribution in [0.2, 0.25) is 0 Å². The van der Waals surface area contributed by atoms with Gasteiger partial charge in [-0.25, -0.2) is 5.01 Å². The Morgan fingerprint density at radius 2 is 2.00 bits per heavy atom. The average Bonchev–Trinajstić information content (AvgIpc) is 3.02. The fourth-order valence-corrected chi connectivity index (χ4v) is 2.21. The van der Waals surface area contributed by atoms with Crippen LogP contribution in [0.4, 0.5) is 13.2 Å². The molecule has 2 rings (SSSR count). The lowest BCUT2D eigenvalue weighted by Gasteiger charge is -2.18. The van der Waals surface area contributed by atoms with Gasteiger partial charge in [-0.3, -0.25) is 0 Å². The van der Waals surface area contributed by atoms with E-state index in [4.69, 9.17) is 22.4 Å².